The largest absolute Gasteiger partial charge is 0.493 e. The summed E-state index contributed by atoms with van der Waals surface area (Å²) in [7, 11) is 0. The van der Waals surface area contributed by atoms with Crippen molar-refractivity contribution in [1.29, 1.82) is 0 Å². The number of ether oxygens (including phenoxy) is 2. The van der Waals surface area contributed by atoms with Gasteiger partial charge in [-0.25, -0.2) is 0 Å². The van der Waals surface area contributed by atoms with Gasteiger partial charge in [-0.2, -0.15) is 0 Å². The van der Waals surface area contributed by atoms with Crippen molar-refractivity contribution in [2.75, 3.05) is 13.2 Å². The van der Waals surface area contributed by atoms with Crippen molar-refractivity contribution in [3.05, 3.63) is 97.1 Å². The van der Waals surface area contributed by atoms with Gasteiger partial charge in [0.05, 0.1) is 13.2 Å². The Bertz CT molecular complexity index is 1030. The van der Waals surface area contributed by atoms with E-state index < -0.39 is 0 Å². The van der Waals surface area contributed by atoms with Gasteiger partial charge in [-0.05, 0) is 46.5 Å². The van der Waals surface area contributed by atoms with Crippen LogP contribution in [0.4, 0.5) is 0 Å². The van der Waals surface area contributed by atoms with Gasteiger partial charge in [0, 0.05) is 17.5 Å². The molecule has 4 aromatic carbocycles. The first-order chi connectivity index (χ1) is 14.4. The maximum absolute atomic E-state index is 6.16. The van der Waals surface area contributed by atoms with Crippen molar-refractivity contribution >= 4 is 0 Å². The highest BCUT2D eigenvalue weighted by Gasteiger charge is 2.16. The van der Waals surface area contributed by atoms with Crippen molar-refractivity contribution in [2.24, 2.45) is 0 Å². The molecule has 1 aliphatic heterocycles. The summed E-state index contributed by atoms with van der Waals surface area (Å²) >= 11 is 0. The van der Waals surface area contributed by atoms with Gasteiger partial charge in [0.1, 0.15) is 11.5 Å². The summed E-state index contributed by atoms with van der Waals surface area (Å²) in [6, 6.07) is 33.7. The van der Waals surface area contributed by atoms with Gasteiger partial charge in [0.15, 0.2) is 0 Å². The highest BCUT2D eigenvalue weighted by atomic mass is 16.5. The monoisotopic (exact) mass is 378 g/mol. The summed E-state index contributed by atoms with van der Waals surface area (Å²) in [4.78, 5) is 0. The van der Waals surface area contributed by atoms with Crippen molar-refractivity contribution in [1.82, 2.24) is 0 Å². The number of rotatable bonds is 2. The average molecular weight is 378 g/mol. The van der Waals surface area contributed by atoms with E-state index in [-0.39, 0.29) is 0 Å². The first-order valence-corrected chi connectivity index (χ1v) is 10.0. The van der Waals surface area contributed by atoms with Crippen LogP contribution in [-0.2, 0) is 0 Å². The molecule has 0 fully saturated rings. The van der Waals surface area contributed by atoms with Crippen LogP contribution in [-0.4, -0.2) is 13.2 Å². The molecule has 1 aliphatic rings. The third-order valence-corrected chi connectivity index (χ3v) is 5.27. The van der Waals surface area contributed by atoms with E-state index in [0.717, 1.165) is 40.2 Å². The lowest BCUT2D eigenvalue weighted by Gasteiger charge is -2.15. The molecule has 0 unspecified atom stereocenters. The molecule has 29 heavy (non-hydrogen) atoms. The fourth-order valence-corrected chi connectivity index (χ4v) is 3.77. The molecule has 1 heterocycles. The Kier molecular flexibility index (Phi) is 4.75. The second-order valence-electron chi connectivity index (χ2n) is 7.20. The zero-order valence-electron chi connectivity index (χ0n) is 16.2. The predicted octanol–water partition coefficient (Wildman–Crippen LogP) is 6.85. The van der Waals surface area contributed by atoms with Crippen LogP contribution in [0.25, 0.3) is 33.4 Å². The molecule has 0 bridgehead atoms. The molecule has 0 N–H and O–H groups in total. The molecule has 0 aliphatic carbocycles. The van der Waals surface area contributed by atoms with Crippen molar-refractivity contribution in [3.8, 4) is 44.9 Å². The highest BCUT2D eigenvalue weighted by Crippen LogP contribution is 2.41. The zero-order valence-corrected chi connectivity index (χ0v) is 16.2. The third kappa shape index (κ3) is 3.62. The molecule has 0 aromatic heterocycles. The maximum Gasteiger partial charge on any atom is 0.127 e. The lowest BCUT2D eigenvalue weighted by atomic mass is 9.96. The van der Waals surface area contributed by atoms with Gasteiger partial charge < -0.3 is 9.47 Å². The van der Waals surface area contributed by atoms with Gasteiger partial charge in [-0.3, -0.25) is 0 Å². The van der Waals surface area contributed by atoms with Crippen LogP contribution >= 0.6 is 0 Å². The SMILES string of the molecule is c1ccc(-c2ccc3c(c2)OCCCOc2cc(-c4ccccc4)ccc2-3)cc1. The van der Waals surface area contributed by atoms with E-state index in [1.54, 1.807) is 0 Å². The van der Waals surface area contributed by atoms with Gasteiger partial charge in [0.2, 0.25) is 0 Å². The summed E-state index contributed by atoms with van der Waals surface area (Å²) in [6.07, 6.45) is 0.851. The summed E-state index contributed by atoms with van der Waals surface area (Å²) in [5.74, 6) is 1.82. The quantitative estimate of drug-likeness (QED) is 0.380. The Morgan fingerprint density at radius 1 is 0.448 bits per heavy atom. The van der Waals surface area contributed by atoms with Crippen LogP contribution in [0.3, 0.4) is 0 Å². The molecular weight excluding hydrogens is 356 g/mol. The van der Waals surface area contributed by atoms with E-state index in [9.17, 15) is 0 Å². The number of benzene rings is 4. The van der Waals surface area contributed by atoms with E-state index in [0.29, 0.717) is 13.2 Å². The fraction of sp³-hybridized carbons (Fsp3) is 0.111. The van der Waals surface area contributed by atoms with E-state index >= 15 is 0 Å². The lowest BCUT2D eigenvalue weighted by molar-refractivity contribution is 0.252. The van der Waals surface area contributed by atoms with Crippen molar-refractivity contribution in [3.63, 3.8) is 0 Å². The Morgan fingerprint density at radius 3 is 1.34 bits per heavy atom. The van der Waals surface area contributed by atoms with Crippen LogP contribution in [0.5, 0.6) is 11.5 Å². The standard InChI is InChI=1S/C27H22O2/c1-3-8-20(9-4-1)22-12-14-24-25-15-13-23(21-10-5-2-6-11-21)19-27(25)29-17-7-16-28-26(24)18-22/h1-6,8-15,18-19H,7,16-17H2. The molecule has 2 nitrogen and oxygen atoms in total. The Labute approximate surface area is 171 Å². The van der Waals surface area contributed by atoms with Crippen LogP contribution in [0.15, 0.2) is 97.1 Å². The molecular formula is C27H22O2. The Morgan fingerprint density at radius 2 is 0.897 bits per heavy atom. The molecule has 0 amide bonds. The minimum absolute atomic E-state index is 0.644. The Balaban J connectivity index is 1.61. The summed E-state index contributed by atoms with van der Waals surface area (Å²) in [5.41, 5.74) is 6.84. The molecule has 5 rings (SSSR count). The van der Waals surface area contributed by atoms with E-state index in [1.165, 1.54) is 11.1 Å². The first kappa shape index (κ1) is 17.6. The Hall–Kier alpha value is -3.52. The van der Waals surface area contributed by atoms with Crippen molar-refractivity contribution in [2.45, 2.75) is 6.42 Å². The molecule has 0 spiro atoms. The molecule has 0 saturated carbocycles. The fourth-order valence-electron chi connectivity index (χ4n) is 3.77. The van der Waals surface area contributed by atoms with E-state index in [4.69, 9.17) is 9.47 Å². The summed E-state index contributed by atoms with van der Waals surface area (Å²) < 4.78 is 12.3. The molecule has 0 saturated heterocycles. The number of fused-ring (bicyclic) bond motifs is 3. The molecule has 2 heteroatoms. The minimum atomic E-state index is 0.644. The molecule has 0 radical (unpaired) electrons. The predicted molar refractivity (Wildman–Crippen MR) is 118 cm³/mol. The topological polar surface area (TPSA) is 18.5 Å². The van der Waals surface area contributed by atoms with Gasteiger partial charge in [-0.15, -0.1) is 0 Å². The normalized spacial score (nSPS) is 13.0. The van der Waals surface area contributed by atoms with Crippen LogP contribution in [0.1, 0.15) is 6.42 Å². The summed E-state index contributed by atoms with van der Waals surface area (Å²) in [6.45, 7) is 1.29. The second kappa shape index (κ2) is 7.84. The maximum atomic E-state index is 6.16. The van der Waals surface area contributed by atoms with E-state index in [2.05, 4.69) is 84.9 Å². The smallest absolute Gasteiger partial charge is 0.127 e. The van der Waals surface area contributed by atoms with Gasteiger partial charge in [-0.1, -0.05) is 72.8 Å². The second-order valence-corrected chi connectivity index (χ2v) is 7.20. The van der Waals surface area contributed by atoms with Crippen LogP contribution in [0, 0.1) is 0 Å². The number of hydrogen-bond donors (Lipinski definition) is 0. The van der Waals surface area contributed by atoms with Crippen LogP contribution < -0.4 is 9.47 Å². The molecule has 142 valence electrons. The minimum Gasteiger partial charge on any atom is -0.493 e. The molecule has 0 atom stereocenters. The van der Waals surface area contributed by atoms with Gasteiger partial charge >= 0.3 is 0 Å². The van der Waals surface area contributed by atoms with Crippen molar-refractivity contribution < 1.29 is 9.47 Å². The first-order valence-electron chi connectivity index (χ1n) is 10.0. The summed E-state index contributed by atoms with van der Waals surface area (Å²) in [5, 5.41) is 0. The number of hydrogen-bond acceptors (Lipinski definition) is 2. The van der Waals surface area contributed by atoms with Gasteiger partial charge in [0.25, 0.3) is 0 Å². The highest BCUT2D eigenvalue weighted by molar-refractivity contribution is 5.82. The zero-order chi connectivity index (χ0) is 19.5. The average Bonchev–Trinajstić information content (AvgIpc) is 2.88. The third-order valence-electron chi connectivity index (χ3n) is 5.27. The lowest BCUT2D eigenvalue weighted by Crippen LogP contribution is -2.03. The molecule has 4 aromatic rings. The van der Waals surface area contributed by atoms with E-state index in [1.807, 2.05) is 12.1 Å². The van der Waals surface area contributed by atoms with Crippen LogP contribution in [0.2, 0.25) is 0 Å².